The quantitative estimate of drug-likeness (QED) is 0.889. The zero-order valence-corrected chi connectivity index (χ0v) is 12.2. The van der Waals surface area contributed by atoms with E-state index in [1.54, 1.807) is 12.1 Å². The lowest BCUT2D eigenvalue weighted by Crippen LogP contribution is -2.53. The molecule has 0 saturated heterocycles. The van der Waals surface area contributed by atoms with Crippen molar-refractivity contribution in [3.05, 3.63) is 35.6 Å². The summed E-state index contributed by atoms with van der Waals surface area (Å²) in [6.07, 6.45) is 3.56. The first-order chi connectivity index (χ1) is 9.33. The van der Waals surface area contributed by atoms with Crippen molar-refractivity contribution in [3.8, 4) is 0 Å². The summed E-state index contributed by atoms with van der Waals surface area (Å²) in [7, 11) is 0. The molecule has 0 bridgehead atoms. The fourth-order valence-electron chi connectivity index (χ4n) is 2.71. The van der Waals surface area contributed by atoms with Crippen LogP contribution in [0.5, 0.6) is 0 Å². The number of nitrogens with two attached hydrogens (primary N) is 1. The molecule has 2 rings (SSSR count). The van der Waals surface area contributed by atoms with Gasteiger partial charge in [-0.05, 0) is 30.5 Å². The van der Waals surface area contributed by atoms with Crippen LogP contribution >= 0.6 is 0 Å². The van der Waals surface area contributed by atoms with E-state index in [1.807, 2.05) is 13.8 Å². The third-order valence-corrected chi connectivity index (χ3v) is 4.26. The summed E-state index contributed by atoms with van der Waals surface area (Å²) in [5.41, 5.74) is 6.18. The number of hydrogen-bond acceptors (Lipinski definition) is 2. The fraction of sp³-hybridized carbons (Fsp3) is 0.562. The molecule has 0 aliphatic heterocycles. The summed E-state index contributed by atoms with van der Waals surface area (Å²) >= 11 is 0. The van der Waals surface area contributed by atoms with Gasteiger partial charge in [-0.2, -0.15) is 0 Å². The molecule has 0 spiro atoms. The topological polar surface area (TPSA) is 55.1 Å². The fourth-order valence-corrected chi connectivity index (χ4v) is 2.71. The first-order valence-corrected chi connectivity index (χ1v) is 7.17. The van der Waals surface area contributed by atoms with Crippen LogP contribution in [0.15, 0.2) is 24.3 Å². The second kappa shape index (κ2) is 5.52. The molecule has 4 heteroatoms. The number of carbonyl (C=O) groups excluding carboxylic acids is 1. The molecule has 0 aromatic heterocycles. The van der Waals surface area contributed by atoms with Crippen LogP contribution in [0.1, 0.15) is 45.1 Å². The molecule has 1 fully saturated rings. The molecule has 20 heavy (non-hydrogen) atoms. The highest BCUT2D eigenvalue weighted by Crippen LogP contribution is 2.28. The smallest absolute Gasteiger partial charge is 0.240 e. The summed E-state index contributed by atoms with van der Waals surface area (Å²) in [6.45, 7) is 4.55. The van der Waals surface area contributed by atoms with E-state index in [4.69, 9.17) is 5.73 Å². The summed E-state index contributed by atoms with van der Waals surface area (Å²) in [6, 6.07) is 6.41. The third kappa shape index (κ3) is 3.18. The first-order valence-electron chi connectivity index (χ1n) is 7.17. The molecule has 1 aliphatic carbocycles. The van der Waals surface area contributed by atoms with Crippen molar-refractivity contribution in [2.75, 3.05) is 6.54 Å². The van der Waals surface area contributed by atoms with Crippen LogP contribution in [-0.2, 0) is 10.2 Å². The molecule has 0 radical (unpaired) electrons. The standard InChI is InChI=1S/C16H23FN2O/c1-15(2,12-5-7-13(17)8-6-12)11-19-14(20)16(18)9-3-4-10-16/h5-8H,3-4,9-11,18H2,1-2H3,(H,19,20). The number of amides is 1. The highest BCUT2D eigenvalue weighted by molar-refractivity contribution is 5.86. The Morgan fingerprint density at radius 1 is 1.30 bits per heavy atom. The lowest BCUT2D eigenvalue weighted by molar-refractivity contribution is -0.126. The van der Waals surface area contributed by atoms with E-state index >= 15 is 0 Å². The molecular formula is C16H23FN2O. The Hall–Kier alpha value is -1.42. The van der Waals surface area contributed by atoms with Crippen LogP contribution < -0.4 is 11.1 Å². The number of hydrogen-bond donors (Lipinski definition) is 2. The molecule has 1 aromatic rings. The van der Waals surface area contributed by atoms with E-state index in [9.17, 15) is 9.18 Å². The van der Waals surface area contributed by atoms with Crippen molar-refractivity contribution in [3.63, 3.8) is 0 Å². The third-order valence-electron chi connectivity index (χ3n) is 4.26. The summed E-state index contributed by atoms with van der Waals surface area (Å²) < 4.78 is 13.0. The minimum atomic E-state index is -0.696. The molecular weight excluding hydrogens is 255 g/mol. The van der Waals surface area contributed by atoms with Crippen molar-refractivity contribution in [1.82, 2.24) is 5.32 Å². The lowest BCUT2D eigenvalue weighted by Gasteiger charge is -2.29. The predicted octanol–water partition coefficient (Wildman–Crippen LogP) is 2.49. The minimum absolute atomic E-state index is 0.0646. The van der Waals surface area contributed by atoms with Crippen LogP contribution in [0, 0.1) is 5.82 Å². The average Bonchev–Trinajstić information content (AvgIpc) is 2.85. The van der Waals surface area contributed by atoms with Crippen LogP contribution in [-0.4, -0.2) is 18.0 Å². The molecule has 1 amide bonds. The Balaban J connectivity index is 1.98. The van der Waals surface area contributed by atoms with Gasteiger partial charge in [0.2, 0.25) is 5.91 Å². The zero-order valence-electron chi connectivity index (χ0n) is 12.2. The molecule has 3 N–H and O–H groups in total. The predicted molar refractivity (Wildman–Crippen MR) is 77.8 cm³/mol. The van der Waals surface area contributed by atoms with Gasteiger partial charge in [0, 0.05) is 12.0 Å². The van der Waals surface area contributed by atoms with Gasteiger partial charge in [0.1, 0.15) is 5.82 Å². The van der Waals surface area contributed by atoms with Crippen LogP contribution in [0.3, 0.4) is 0 Å². The van der Waals surface area contributed by atoms with E-state index in [1.165, 1.54) is 12.1 Å². The zero-order chi connectivity index (χ0) is 14.8. The Morgan fingerprint density at radius 3 is 2.40 bits per heavy atom. The van der Waals surface area contributed by atoms with E-state index < -0.39 is 5.54 Å². The van der Waals surface area contributed by atoms with Crippen molar-refractivity contribution in [2.24, 2.45) is 5.73 Å². The second-order valence-corrected chi connectivity index (χ2v) is 6.44. The van der Waals surface area contributed by atoms with Gasteiger partial charge in [0.25, 0.3) is 0 Å². The number of nitrogens with one attached hydrogen (secondary N) is 1. The van der Waals surface area contributed by atoms with Gasteiger partial charge in [-0.25, -0.2) is 4.39 Å². The van der Waals surface area contributed by atoms with Gasteiger partial charge in [-0.15, -0.1) is 0 Å². The lowest BCUT2D eigenvalue weighted by atomic mass is 9.84. The van der Waals surface area contributed by atoms with Crippen LogP contribution in [0.2, 0.25) is 0 Å². The summed E-state index contributed by atoms with van der Waals surface area (Å²) in [5, 5.41) is 2.96. The van der Waals surface area contributed by atoms with Gasteiger partial charge >= 0.3 is 0 Å². The van der Waals surface area contributed by atoms with E-state index in [0.29, 0.717) is 6.54 Å². The summed E-state index contributed by atoms with van der Waals surface area (Å²) in [4.78, 5) is 12.2. The number of benzene rings is 1. The molecule has 0 atom stereocenters. The number of halogens is 1. The Morgan fingerprint density at radius 2 is 1.85 bits per heavy atom. The Labute approximate surface area is 119 Å². The first kappa shape index (κ1) is 15.0. The van der Waals surface area contributed by atoms with Crippen LogP contribution in [0.25, 0.3) is 0 Å². The Bertz CT molecular complexity index is 476. The van der Waals surface area contributed by atoms with Crippen molar-refractivity contribution < 1.29 is 9.18 Å². The SMILES string of the molecule is CC(C)(CNC(=O)C1(N)CCCC1)c1ccc(F)cc1. The largest absolute Gasteiger partial charge is 0.354 e. The van der Waals surface area contributed by atoms with E-state index in [-0.39, 0.29) is 17.1 Å². The van der Waals surface area contributed by atoms with Crippen LogP contribution in [0.4, 0.5) is 4.39 Å². The maximum atomic E-state index is 13.0. The molecule has 1 saturated carbocycles. The maximum absolute atomic E-state index is 13.0. The number of rotatable bonds is 4. The van der Waals surface area contributed by atoms with Gasteiger partial charge in [-0.1, -0.05) is 38.8 Å². The average molecular weight is 278 g/mol. The monoisotopic (exact) mass is 278 g/mol. The van der Waals surface area contributed by atoms with Gasteiger partial charge in [-0.3, -0.25) is 4.79 Å². The molecule has 110 valence electrons. The van der Waals surface area contributed by atoms with E-state index in [0.717, 1.165) is 31.2 Å². The Kier molecular flexibility index (Phi) is 4.14. The van der Waals surface area contributed by atoms with Crippen molar-refractivity contribution >= 4 is 5.91 Å². The van der Waals surface area contributed by atoms with Gasteiger partial charge < -0.3 is 11.1 Å². The van der Waals surface area contributed by atoms with E-state index in [2.05, 4.69) is 5.32 Å². The molecule has 0 unspecified atom stereocenters. The molecule has 1 aromatic carbocycles. The minimum Gasteiger partial charge on any atom is -0.354 e. The van der Waals surface area contributed by atoms with Crippen molar-refractivity contribution in [2.45, 2.75) is 50.5 Å². The van der Waals surface area contributed by atoms with Gasteiger partial charge in [0.15, 0.2) is 0 Å². The van der Waals surface area contributed by atoms with Crippen molar-refractivity contribution in [1.29, 1.82) is 0 Å². The highest BCUT2D eigenvalue weighted by atomic mass is 19.1. The molecule has 0 heterocycles. The molecule has 3 nitrogen and oxygen atoms in total. The molecule has 1 aliphatic rings. The summed E-state index contributed by atoms with van der Waals surface area (Å²) in [5.74, 6) is -0.314. The van der Waals surface area contributed by atoms with Gasteiger partial charge in [0.05, 0.1) is 5.54 Å². The normalized spacial score (nSPS) is 18.0. The second-order valence-electron chi connectivity index (χ2n) is 6.44. The maximum Gasteiger partial charge on any atom is 0.240 e. The number of carbonyl (C=O) groups is 1. The highest BCUT2D eigenvalue weighted by Gasteiger charge is 2.37.